The van der Waals surface area contributed by atoms with Crippen LogP contribution in [0.25, 0.3) is 5.57 Å². The summed E-state index contributed by atoms with van der Waals surface area (Å²) in [7, 11) is -4.32. The van der Waals surface area contributed by atoms with Crippen LogP contribution < -0.4 is 15.2 Å². The second-order valence-corrected chi connectivity index (χ2v) is 11.7. The number of pyridine rings is 2. The fourth-order valence-corrected chi connectivity index (χ4v) is 5.44. The molecule has 0 aliphatic carbocycles. The summed E-state index contributed by atoms with van der Waals surface area (Å²) in [6, 6.07) is 11.1. The molecule has 0 atom stereocenters. The van der Waals surface area contributed by atoms with Crippen molar-refractivity contribution in [3.63, 3.8) is 0 Å². The van der Waals surface area contributed by atoms with Crippen molar-refractivity contribution >= 4 is 33.4 Å². The first-order valence-electron chi connectivity index (χ1n) is 13.1. The summed E-state index contributed by atoms with van der Waals surface area (Å²) in [6.45, 7) is 9.96. The maximum Gasteiger partial charge on any atom is 0.410 e. The van der Waals surface area contributed by atoms with E-state index in [0.29, 0.717) is 24.3 Å². The SMILES string of the molecule is Cc1cc(C)c(Oc2ccc(C(=O)NS(=O)(=O)c3cccc(N)n3)c(C3=CCN(C(=O)OC(C)C)CC3)n2)c(C)c1. The van der Waals surface area contributed by atoms with Gasteiger partial charge in [0.2, 0.25) is 5.88 Å². The van der Waals surface area contributed by atoms with Gasteiger partial charge in [-0.1, -0.05) is 29.8 Å². The summed E-state index contributed by atoms with van der Waals surface area (Å²) in [5.41, 5.74) is 9.49. The normalized spacial score (nSPS) is 13.5. The van der Waals surface area contributed by atoms with Crippen LogP contribution in [0, 0.1) is 20.8 Å². The van der Waals surface area contributed by atoms with Gasteiger partial charge in [0.1, 0.15) is 11.6 Å². The highest BCUT2D eigenvalue weighted by atomic mass is 32.2. The second-order valence-electron chi connectivity index (χ2n) is 10.1. The van der Waals surface area contributed by atoms with Gasteiger partial charge < -0.3 is 20.1 Å². The Morgan fingerprint density at radius 3 is 2.37 bits per heavy atom. The largest absolute Gasteiger partial charge is 0.447 e. The van der Waals surface area contributed by atoms with E-state index in [0.717, 1.165) is 16.7 Å². The minimum atomic E-state index is -4.32. The molecule has 0 spiro atoms. The first-order valence-corrected chi connectivity index (χ1v) is 14.5. The summed E-state index contributed by atoms with van der Waals surface area (Å²) in [5, 5.41) is -0.387. The van der Waals surface area contributed by atoms with E-state index >= 15 is 0 Å². The van der Waals surface area contributed by atoms with Crippen molar-refractivity contribution in [1.82, 2.24) is 19.6 Å². The van der Waals surface area contributed by atoms with Gasteiger partial charge in [-0.3, -0.25) is 4.79 Å². The molecule has 0 saturated carbocycles. The second kappa shape index (κ2) is 12.0. The summed E-state index contributed by atoms with van der Waals surface area (Å²) < 4.78 is 39.3. The number of aromatic nitrogens is 2. The zero-order valence-corrected chi connectivity index (χ0v) is 24.4. The van der Waals surface area contributed by atoms with Crippen LogP contribution in [0.5, 0.6) is 11.6 Å². The molecule has 2 aromatic heterocycles. The zero-order valence-electron chi connectivity index (χ0n) is 23.6. The molecule has 4 rings (SSSR count). The molecule has 3 heterocycles. The number of hydrogen-bond acceptors (Lipinski definition) is 9. The number of nitrogen functional groups attached to an aromatic ring is 1. The average molecular weight is 580 g/mol. The molecule has 0 bridgehead atoms. The molecular weight excluding hydrogens is 546 g/mol. The van der Waals surface area contributed by atoms with E-state index in [2.05, 4.69) is 14.7 Å². The van der Waals surface area contributed by atoms with Crippen molar-refractivity contribution < 1.29 is 27.5 Å². The fraction of sp³-hybridized carbons (Fsp3) is 0.310. The summed E-state index contributed by atoms with van der Waals surface area (Å²) in [6.07, 6.45) is 1.42. The molecule has 0 fully saturated rings. The van der Waals surface area contributed by atoms with E-state index in [1.165, 1.54) is 30.3 Å². The van der Waals surface area contributed by atoms with Crippen LogP contribution in [0.4, 0.5) is 10.6 Å². The number of nitrogens with zero attached hydrogens (tertiary/aromatic N) is 3. The predicted octanol–water partition coefficient (Wildman–Crippen LogP) is 4.53. The Morgan fingerprint density at radius 1 is 1.05 bits per heavy atom. The molecule has 3 N–H and O–H groups in total. The minimum Gasteiger partial charge on any atom is -0.447 e. The number of amides is 2. The topological polar surface area (TPSA) is 154 Å². The third-order valence-corrected chi connectivity index (χ3v) is 7.51. The Hall–Kier alpha value is -4.45. The van der Waals surface area contributed by atoms with Gasteiger partial charge in [-0.05, 0) is 75.9 Å². The van der Waals surface area contributed by atoms with E-state index in [9.17, 15) is 18.0 Å². The van der Waals surface area contributed by atoms with Crippen molar-refractivity contribution in [1.29, 1.82) is 0 Å². The lowest BCUT2D eigenvalue weighted by Gasteiger charge is -2.27. The number of aryl methyl sites for hydroxylation is 3. The van der Waals surface area contributed by atoms with Crippen molar-refractivity contribution in [3.05, 3.63) is 76.5 Å². The molecule has 0 saturated heterocycles. The van der Waals surface area contributed by atoms with Crippen LogP contribution in [0.1, 0.15) is 53.0 Å². The van der Waals surface area contributed by atoms with Gasteiger partial charge in [0.25, 0.3) is 15.9 Å². The van der Waals surface area contributed by atoms with E-state index in [1.807, 2.05) is 32.9 Å². The number of benzene rings is 1. The molecule has 216 valence electrons. The van der Waals surface area contributed by atoms with Gasteiger partial charge in [-0.25, -0.2) is 19.5 Å². The molecule has 1 aliphatic rings. The summed E-state index contributed by atoms with van der Waals surface area (Å²) >= 11 is 0. The number of carbonyl (C=O) groups excluding carboxylic acids is 2. The number of carbonyl (C=O) groups is 2. The molecule has 11 nitrogen and oxygen atoms in total. The molecule has 12 heteroatoms. The number of hydrogen-bond donors (Lipinski definition) is 2. The van der Waals surface area contributed by atoms with Crippen LogP contribution in [0.15, 0.2) is 53.6 Å². The molecule has 0 radical (unpaired) electrons. The van der Waals surface area contributed by atoms with E-state index in [1.54, 1.807) is 24.8 Å². The summed E-state index contributed by atoms with van der Waals surface area (Å²) in [5.74, 6) is -0.0244. The highest BCUT2D eigenvalue weighted by Gasteiger charge is 2.27. The number of sulfonamides is 1. The van der Waals surface area contributed by atoms with Gasteiger partial charge in [0.15, 0.2) is 5.03 Å². The summed E-state index contributed by atoms with van der Waals surface area (Å²) in [4.78, 5) is 35.7. The number of anilines is 1. The van der Waals surface area contributed by atoms with Crippen LogP contribution in [-0.2, 0) is 14.8 Å². The van der Waals surface area contributed by atoms with Gasteiger partial charge in [0, 0.05) is 19.2 Å². The average Bonchev–Trinajstić information content (AvgIpc) is 2.90. The Bertz CT molecular complexity index is 1610. The van der Waals surface area contributed by atoms with Crippen molar-refractivity contribution in [2.24, 2.45) is 0 Å². The quantitative estimate of drug-likeness (QED) is 0.411. The number of ether oxygens (including phenoxy) is 2. The fourth-order valence-electron chi connectivity index (χ4n) is 4.49. The first-order chi connectivity index (χ1) is 19.3. The van der Waals surface area contributed by atoms with Gasteiger partial charge in [0.05, 0.1) is 17.4 Å². The van der Waals surface area contributed by atoms with E-state index in [4.69, 9.17) is 15.2 Å². The monoisotopic (exact) mass is 579 g/mol. The van der Waals surface area contributed by atoms with Crippen molar-refractivity contribution in [2.45, 2.75) is 52.2 Å². The van der Waals surface area contributed by atoms with E-state index < -0.39 is 22.0 Å². The maximum atomic E-state index is 13.3. The molecule has 41 heavy (non-hydrogen) atoms. The van der Waals surface area contributed by atoms with Crippen LogP contribution in [0.2, 0.25) is 0 Å². The molecule has 1 aromatic carbocycles. The van der Waals surface area contributed by atoms with Crippen LogP contribution in [-0.4, -0.2) is 54.5 Å². The Kier molecular flexibility index (Phi) is 8.62. The predicted molar refractivity (Wildman–Crippen MR) is 154 cm³/mol. The molecule has 3 aromatic rings. The number of nitrogens with one attached hydrogen (secondary N) is 1. The van der Waals surface area contributed by atoms with Crippen molar-refractivity contribution in [2.75, 3.05) is 18.8 Å². The lowest BCUT2D eigenvalue weighted by atomic mass is 10.00. The Balaban J connectivity index is 1.70. The van der Waals surface area contributed by atoms with Gasteiger partial charge in [-0.15, -0.1) is 0 Å². The third kappa shape index (κ3) is 7.01. The highest BCUT2D eigenvalue weighted by Crippen LogP contribution is 2.32. The molecular formula is C29H33N5O6S. The van der Waals surface area contributed by atoms with Gasteiger partial charge >= 0.3 is 6.09 Å². The lowest BCUT2D eigenvalue weighted by Crippen LogP contribution is -2.36. The Labute approximate surface area is 239 Å². The molecule has 2 amide bonds. The lowest BCUT2D eigenvalue weighted by molar-refractivity contribution is 0.0798. The highest BCUT2D eigenvalue weighted by molar-refractivity contribution is 7.90. The number of nitrogens with two attached hydrogens (primary N) is 1. The van der Waals surface area contributed by atoms with Crippen LogP contribution >= 0.6 is 0 Å². The standard InChI is InChI=1S/C29H33N5O6S/c1-17(2)39-29(36)34-13-11-21(12-14-34)26-22(28(35)33-41(37,38)25-8-6-7-23(30)31-25)9-10-24(32-26)40-27-19(4)15-18(3)16-20(27)5/h6-11,15-17H,12-14H2,1-5H3,(H2,30,31)(H,33,35). The third-order valence-electron chi connectivity index (χ3n) is 6.28. The Morgan fingerprint density at radius 2 is 1.76 bits per heavy atom. The molecule has 0 unspecified atom stereocenters. The first kappa shape index (κ1) is 29.5. The maximum absolute atomic E-state index is 13.3. The van der Waals surface area contributed by atoms with Crippen LogP contribution in [0.3, 0.4) is 0 Å². The van der Waals surface area contributed by atoms with Crippen molar-refractivity contribution in [3.8, 4) is 11.6 Å². The minimum absolute atomic E-state index is 0.00113. The number of rotatable bonds is 7. The smallest absolute Gasteiger partial charge is 0.410 e. The molecule has 1 aliphatic heterocycles. The zero-order chi connectivity index (χ0) is 29.9. The van der Waals surface area contributed by atoms with E-state index in [-0.39, 0.29) is 40.6 Å². The van der Waals surface area contributed by atoms with Gasteiger partial charge in [-0.2, -0.15) is 8.42 Å².